The van der Waals surface area contributed by atoms with Gasteiger partial charge in [0, 0.05) is 6.54 Å². The molecule has 0 spiro atoms. The molecular weight excluding hydrogens is 248 g/mol. The summed E-state index contributed by atoms with van der Waals surface area (Å²) in [6.45, 7) is 7.01. The molecule has 2 atom stereocenters. The van der Waals surface area contributed by atoms with Gasteiger partial charge >= 0.3 is 6.09 Å². The van der Waals surface area contributed by atoms with Crippen molar-refractivity contribution >= 4 is 17.9 Å². The van der Waals surface area contributed by atoms with E-state index in [0.29, 0.717) is 24.9 Å². The van der Waals surface area contributed by atoms with Crippen LogP contribution in [-0.2, 0) is 4.74 Å². The maximum absolute atomic E-state index is 11.6. The van der Waals surface area contributed by atoms with E-state index in [1.807, 2.05) is 32.5 Å². The summed E-state index contributed by atoms with van der Waals surface area (Å²) in [5, 5.41) is 2.88. The summed E-state index contributed by atoms with van der Waals surface area (Å²) < 4.78 is 5.24. The van der Waals surface area contributed by atoms with Gasteiger partial charge < -0.3 is 15.8 Å². The van der Waals surface area contributed by atoms with Gasteiger partial charge in [0.15, 0.2) is 0 Å². The van der Waals surface area contributed by atoms with Crippen molar-refractivity contribution in [2.75, 3.05) is 24.6 Å². The third kappa shape index (κ3) is 5.96. The molecule has 5 heteroatoms. The zero-order chi connectivity index (χ0) is 13.6. The second-order valence-corrected chi connectivity index (χ2v) is 7.05. The number of thioether (sulfide) groups is 1. The molecule has 0 aromatic carbocycles. The molecule has 1 fully saturated rings. The molecule has 106 valence electrons. The normalized spacial score (nSPS) is 25.3. The first kappa shape index (κ1) is 15.6. The highest BCUT2D eigenvalue weighted by atomic mass is 32.2. The lowest BCUT2D eigenvalue weighted by Crippen LogP contribution is -2.38. The number of hydrogen-bond donors (Lipinski definition) is 2. The topological polar surface area (TPSA) is 64.3 Å². The van der Waals surface area contributed by atoms with Crippen LogP contribution in [0.15, 0.2) is 0 Å². The van der Waals surface area contributed by atoms with E-state index in [4.69, 9.17) is 10.5 Å². The largest absolute Gasteiger partial charge is 0.444 e. The van der Waals surface area contributed by atoms with Crippen molar-refractivity contribution in [1.29, 1.82) is 0 Å². The van der Waals surface area contributed by atoms with E-state index in [1.165, 1.54) is 5.75 Å². The van der Waals surface area contributed by atoms with Crippen LogP contribution in [0.1, 0.15) is 33.6 Å². The van der Waals surface area contributed by atoms with Gasteiger partial charge in [-0.1, -0.05) is 0 Å². The predicted octanol–water partition coefficient (Wildman–Crippen LogP) is 2.23. The van der Waals surface area contributed by atoms with Crippen LogP contribution in [0, 0.1) is 11.8 Å². The van der Waals surface area contributed by atoms with Gasteiger partial charge in [-0.15, -0.1) is 0 Å². The summed E-state index contributed by atoms with van der Waals surface area (Å²) in [5.41, 5.74) is 5.38. The van der Waals surface area contributed by atoms with E-state index in [1.54, 1.807) is 0 Å². The fourth-order valence-corrected chi connectivity index (χ4v) is 3.29. The number of nitrogens with one attached hydrogen (secondary N) is 1. The second-order valence-electron chi connectivity index (χ2n) is 5.83. The summed E-state index contributed by atoms with van der Waals surface area (Å²) in [6, 6.07) is 0. The maximum Gasteiger partial charge on any atom is 0.407 e. The monoisotopic (exact) mass is 274 g/mol. The Bertz CT molecular complexity index is 266. The average Bonchev–Trinajstić information content (AvgIpc) is 2.48. The number of nitrogens with two attached hydrogens (primary N) is 1. The van der Waals surface area contributed by atoms with Crippen molar-refractivity contribution in [1.82, 2.24) is 5.32 Å². The second kappa shape index (κ2) is 7.24. The van der Waals surface area contributed by atoms with Gasteiger partial charge in [-0.25, -0.2) is 4.79 Å². The maximum atomic E-state index is 11.6. The predicted molar refractivity (Wildman–Crippen MR) is 76.8 cm³/mol. The zero-order valence-electron chi connectivity index (χ0n) is 11.7. The lowest BCUT2D eigenvalue weighted by atomic mass is 9.88. The van der Waals surface area contributed by atoms with Gasteiger partial charge in [0.1, 0.15) is 5.60 Å². The van der Waals surface area contributed by atoms with Gasteiger partial charge in [0.2, 0.25) is 0 Å². The fraction of sp³-hybridized carbons (Fsp3) is 0.923. The Morgan fingerprint density at radius 1 is 1.33 bits per heavy atom. The number of hydrogen-bond acceptors (Lipinski definition) is 4. The Labute approximate surface area is 114 Å². The van der Waals surface area contributed by atoms with Crippen LogP contribution in [0.3, 0.4) is 0 Å². The van der Waals surface area contributed by atoms with E-state index in [2.05, 4.69) is 5.32 Å². The first-order valence-electron chi connectivity index (χ1n) is 6.67. The molecule has 0 bridgehead atoms. The molecule has 0 saturated carbocycles. The molecule has 0 aromatic heterocycles. The smallest absolute Gasteiger partial charge is 0.407 e. The van der Waals surface area contributed by atoms with Crippen molar-refractivity contribution in [3.8, 4) is 0 Å². The Hall–Kier alpha value is -0.420. The highest BCUT2D eigenvalue weighted by molar-refractivity contribution is 7.99. The van der Waals surface area contributed by atoms with Gasteiger partial charge in [-0.2, -0.15) is 11.8 Å². The van der Waals surface area contributed by atoms with E-state index >= 15 is 0 Å². The molecule has 2 unspecified atom stereocenters. The molecule has 4 nitrogen and oxygen atoms in total. The first-order valence-corrected chi connectivity index (χ1v) is 7.82. The van der Waals surface area contributed by atoms with Crippen molar-refractivity contribution in [2.45, 2.75) is 39.2 Å². The van der Waals surface area contributed by atoms with Crippen molar-refractivity contribution in [3.63, 3.8) is 0 Å². The Morgan fingerprint density at radius 2 is 1.94 bits per heavy atom. The summed E-state index contributed by atoms with van der Waals surface area (Å²) >= 11 is 1.98. The van der Waals surface area contributed by atoms with Crippen LogP contribution in [0.25, 0.3) is 0 Å². The third-order valence-electron chi connectivity index (χ3n) is 3.14. The number of alkyl carbamates (subject to hydrolysis) is 1. The van der Waals surface area contributed by atoms with Crippen molar-refractivity contribution in [3.05, 3.63) is 0 Å². The van der Waals surface area contributed by atoms with Crippen LogP contribution in [0.5, 0.6) is 0 Å². The lowest BCUT2D eigenvalue weighted by Gasteiger charge is -2.25. The molecule has 1 rings (SSSR count). The summed E-state index contributed by atoms with van der Waals surface area (Å²) in [5.74, 6) is 3.36. The molecule has 0 radical (unpaired) electrons. The van der Waals surface area contributed by atoms with Crippen LogP contribution in [0.4, 0.5) is 4.79 Å². The third-order valence-corrected chi connectivity index (χ3v) is 4.19. The van der Waals surface area contributed by atoms with Gasteiger partial charge in [0.05, 0.1) is 0 Å². The number of rotatable bonds is 3. The number of amides is 1. The van der Waals surface area contributed by atoms with Gasteiger partial charge in [-0.3, -0.25) is 0 Å². The minimum absolute atomic E-state index is 0.324. The molecule has 1 aliphatic heterocycles. The Morgan fingerprint density at radius 3 is 2.50 bits per heavy atom. The molecule has 1 saturated heterocycles. The quantitative estimate of drug-likeness (QED) is 0.828. The van der Waals surface area contributed by atoms with Crippen LogP contribution in [-0.4, -0.2) is 36.3 Å². The van der Waals surface area contributed by atoms with Crippen LogP contribution in [0.2, 0.25) is 0 Å². The van der Waals surface area contributed by atoms with E-state index < -0.39 is 5.60 Å². The number of ether oxygens (including phenoxy) is 1. The van der Waals surface area contributed by atoms with E-state index in [-0.39, 0.29) is 6.09 Å². The minimum Gasteiger partial charge on any atom is -0.444 e. The fourth-order valence-electron chi connectivity index (χ4n) is 2.15. The van der Waals surface area contributed by atoms with Crippen molar-refractivity contribution < 1.29 is 9.53 Å². The standard InChI is InChI=1S/C13H26N2O2S/c1-13(2,3)17-12(16)15-9-11-5-7-18-6-4-10(11)8-14/h10-11H,4-9,14H2,1-3H3,(H,15,16). The minimum atomic E-state index is -0.434. The number of carbonyl (C=O) groups is 1. The summed E-state index contributed by atoms with van der Waals surface area (Å²) in [6.07, 6.45) is 1.96. The van der Waals surface area contributed by atoms with Crippen LogP contribution < -0.4 is 11.1 Å². The van der Waals surface area contributed by atoms with Gasteiger partial charge in [-0.05, 0) is 63.5 Å². The zero-order valence-corrected chi connectivity index (χ0v) is 12.5. The highest BCUT2D eigenvalue weighted by Gasteiger charge is 2.24. The lowest BCUT2D eigenvalue weighted by molar-refractivity contribution is 0.0513. The Balaban J connectivity index is 2.37. The Kier molecular flexibility index (Phi) is 6.29. The van der Waals surface area contributed by atoms with Gasteiger partial charge in [0.25, 0.3) is 0 Å². The van der Waals surface area contributed by atoms with E-state index in [9.17, 15) is 4.79 Å². The molecule has 18 heavy (non-hydrogen) atoms. The summed E-state index contributed by atoms with van der Waals surface area (Å²) in [7, 11) is 0. The molecule has 1 heterocycles. The molecular formula is C13H26N2O2S. The molecule has 1 amide bonds. The molecule has 0 aliphatic carbocycles. The van der Waals surface area contributed by atoms with Crippen molar-refractivity contribution in [2.24, 2.45) is 17.6 Å². The average molecular weight is 274 g/mol. The first-order chi connectivity index (χ1) is 8.42. The van der Waals surface area contributed by atoms with E-state index in [0.717, 1.165) is 18.6 Å². The molecule has 0 aromatic rings. The molecule has 1 aliphatic rings. The highest BCUT2D eigenvalue weighted by Crippen LogP contribution is 2.26. The van der Waals surface area contributed by atoms with Crippen LogP contribution >= 0.6 is 11.8 Å². The summed E-state index contributed by atoms with van der Waals surface area (Å²) in [4.78, 5) is 11.6. The molecule has 3 N–H and O–H groups in total. The SMILES string of the molecule is CC(C)(C)OC(=O)NCC1CCSCCC1CN. The number of carbonyl (C=O) groups excluding carboxylic acids is 1.